The highest BCUT2D eigenvalue weighted by atomic mass is 19.2. The molecule has 0 spiro atoms. The largest absolute Gasteiger partial charge is 0.478 e. The monoisotopic (exact) mass is 391 g/mol. The third-order valence-electron chi connectivity index (χ3n) is 4.29. The highest BCUT2D eigenvalue weighted by Crippen LogP contribution is 2.17. The minimum absolute atomic E-state index is 0.0326. The van der Waals surface area contributed by atoms with Crippen LogP contribution >= 0.6 is 0 Å². The van der Waals surface area contributed by atoms with Crippen LogP contribution in [0.2, 0.25) is 0 Å². The van der Waals surface area contributed by atoms with Crippen LogP contribution in [0.1, 0.15) is 48.3 Å². The Morgan fingerprint density at radius 3 is 2.21 bits per heavy atom. The Morgan fingerprint density at radius 2 is 1.68 bits per heavy atom. The lowest BCUT2D eigenvalue weighted by atomic mass is 10.0. The van der Waals surface area contributed by atoms with E-state index in [0.29, 0.717) is 5.56 Å². The van der Waals surface area contributed by atoms with Gasteiger partial charge < -0.3 is 15.2 Å². The smallest absolute Gasteiger partial charge is 0.335 e. The number of amides is 1. The van der Waals surface area contributed by atoms with Crippen LogP contribution in [0.3, 0.4) is 0 Å². The Morgan fingerprint density at radius 1 is 1.04 bits per heavy atom. The van der Waals surface area contributed by atoms with Crippen LogP contribution in [0.4, 0.5) is 8.78 Å². The molecule has 7 heteroatoms. The molecule has 0 fully saturated rings. The zero-order valence-corrected chi connectivity index (χ0v) is 15.9. The predicted octanol–water partition coefficient (Wildman–Crippen LogP) is 4.08. The fourth-order valence-corrected chi connectivity index (χ4v) is 2.68. The first-order valence-electron chi connectivity index (χ1n) is 8.88. The van der Waals surface area contributed by atoms with Gasteiger partial charge >= 0.3 is 5.97 Å². The first-order valence-corrected chi connectivity index (χ1v) is 8.88. The molecule has 2 atom stereocenters. The van der Waals surface area contributed by atoms with Crippen molar-refractivity contribution in [1.82, 2.24) is 5.32 Å². The number of hydrogen-bond donors (Lipinski definition) is 2. The van der Waals surface area contributed by atoms with Crippen molar-refractivity contribution in [1.29, 1.82) is 0 Å². The summed E-state index contributed by atoms with van der Waals surface area (Å²) in [5.74, 6) is -3.41. The summed E-state index contributed by atoms with van der Waals surface area (Å²) in [7, 11) is 0. The van der Waals surface area contributed by atoms with E-state index in [2.05, 4.69) is 5.32 Å². The van der Waals surface area contributed by atoms with Gasteiger partial charge in [0.25, 0.3) is 0 Å². The Balaban J connectivity index is 2.01. The molecule has 0 aromatic heterocycles. The SMILES string of the molecule is CC(C)[C@@H](OCc1ccc(F)c(F)c1)C(=O)N[C@@H](C)c1ccc(C(=O)O)cc1. The summed E-state index contributed by atoms with van der Waals surface area (Å²) in [6, 6.07) is 9.32. The van der Waals surface area contributed by atoms with Gasteiger partial charge in [0.2, 0.25) is 5.91 Å². The van der Waals surface area contributed by atoms with Crippen LogP contribution in [-0.2, 0) is 16.1 Å². The van der Waals surface area contributed by atoms with Gasteiger partial charge in [0.15, 0.2) is 11.6 Å². The third-order valence-corrected chi connectivity index (χ3v) is 4.29. The second-order valence-corrected chi connectivity index (χ2v) is 6.88. The molecule has 150 valence electrons. The molecule has 2 N–H and O–H groups in total. The lowest BCUT2D eigenvalue weighted by molar-refractivity contribution is -0.137. The van der Waals surface area contributed by atoms with Gasteiger partial charge in [-0.25, -0.2) is 13.6 Å². The molecule has 2 aromatic carbocycles. The molecule has 1 amide bonds. The van der Waals surface area contributed by atoms with Crippen LogP contribution in [0.25, 0.3) is 0 Å². The van der Waals surface area contributed by atoms with Gasteiger partial charge in [-0.2, -0.15) is 0 Å². The topological polar surface area (TPSA) is 75.6 Å². The standard InChI is InChI=1S/C21H23F2NO4/c1-12(2)19(28-11-14-4-9-17(22)18(23)10-14)20(25)24-13(3)15-5-7-16(8-6-15)21(26)27/h4-10,12-13,19H,11H2,1-3H3,(H,24,25)(H,26,27)/t13-,19+/m0/s1. The number of carboxylic acid groups (broad SMARTS) is 1. The summed E-state index contributed by atoms with van der Waals surface area (Å²) in [5.41, 5.74) is 1.34. The molecule has 0 heterocycles. The lowest BCUT2D eigenvalue weighted by Crippen LogP contribution is -2.40. The van der Waals surface area contributed by atoms with Gasteiger partial charge in [0.1, 0.15) is 6.10 Å². The number of carbonyl (C=O) groups excluding carboxylic acids is 1. The molecule has 0 aliphatic carbocycles. The van der Waals surface area contributed by atoms with E-state index in [-0.39, 0.29) is 30.0 Å². The van der Waals surface area contributed by atoms with E-state index < -0.39 is 23.7 Å². The molecule has 0 saturated heterocycles. The summed E-state index contributed by atoms with van der Waals surface area (Å²) < 4.78 is 32.0. The summed E-state index contributed by atoms with van der Waals surface area (Å²) >= 11 is 0. The fourth-order valence-electron chi connectivity index (χ4n) is 2.68. The molecular weight excluding hydrogens is 368 g/mol. The van der Waals surface area contributed by atoms with Gasteiger partial charge in [-0.05, 0) is 48.2 Å². The molecule has 0 bridgehead atoms. The van der Waals surface area contributed by atoms with Crippen molar-refractivity contribution in [3.05, 3.63) is 70.8 Å². The Bertz CT molecular complexity index is 837. The Labute approximate surface area is 162 Å². The molecule has 2 rings (SSSR count). The normalized spacial score (nSPS) is 13.2. The zero-order chi connectivity index (χ0) is 20.8. The van der Waals surface area contributed by atoms with Gasteiger partial charge in [-0.15, -0.1) is 0 Å². The van der Waals surface area contributed by atoms with Gasteiger partial charge in [0.05, 0.1) is 18.2 Å². The maximum atomic E-state index is 13.3. The number of carbonyl (C=O) groups is 2. The van der Waals surface area contributed by atoms with Crippen LogP contribution in [0.5, 0.6) is 0 Å². The van der Waals surface area contributed by atoms with Gasteiger partial charge in [-0.1, -0.05) is 32.0 Å². The molecule has 2 aromatic rings. The maximum absolute atomic E-state index is 13.3. The van der Waals surface area contributed by atoms with Gasteiger partial charge in [-0.3, -0.25) is 4.79 Å². The maximum Gasteiger partial charge on any atom is 0.335 e. The number of ether oxygens (including phenoxy) is 1. The van der Waals surface area contributed by atoms with E-state index in [9.17, 15) is 18.4 Å². The van der Waals surface area contributed by atoms with Crippen LogP contribution in [0.15, 0.2) is 42.5 Å². The average Bonchev–Trinajstić information content (AvgIpc) is 2.64. The second kappa shape index (κ2) is 9.41. The average molecular weight is 391 g/mol. The number of halogens is 2. The number of rotatable bonds is 8. The van der Waals surface area contributed by atoms with Crippen molar-refractivity contribution in [2.75, 3.05) is 0 Å². The summed E-state index contributed by atoms with van der Waals surface area (Å²) in [4.78, 5) is 23.5. The highest BCUT2D eigenvalue weighted by Gasteiger charge is 2.25. The summed E-state index contributed by atoms with van der Waals surface area (Å²) in [5, 5.41) is 11.8. The van der Waals surface area contributed by atoms with Crippen molar-refractivity contribution in [2.45, 2.75) is 39.5 Å². The zero-order valence-electron chi connectivity index (χ0n) is 15.9. The number of benzene rings is 2. The van der Waals surface area contributed by atoms with Crippen molar-refractivity contribution < 1.29 is 28.2 Å². The van der Waals surface area contributed by atoms with Crippen molar-refractivity contribution in [3.8, 4) is 0 Å². The van der Waals surface area contributed by atoms with E-state index in [0.717, 1.165) is 17.7 Å². The fraction of sp³-hybridized carbons (Fsp3) is 0.333. The first kappa shape index (κ1) is 21.5. The third kappa shape index (κ3) is 5.60. The number of carboxylic acids is 1. The highest BCUT2D eigenvalue weighted by molar-refractivity contribution is 5.87. The number of nitrogens with one attached hydrogen (secondary N) is 1. The van der Waals surface area contributed by atoms with E-state index in [1.165, 1.54) is 18.2 Å². The first-order chi connectivity index (χ1) is 13.2. The van der Waals surface area contributed by atoms with Crippen LogP contribution < -0.4 is 5.32 Å². The molecule has 0 aliphatic rings. The predicted molar refractivity (Wildman–Crippen MR) is 99.7 cm³/mol. The van der Waals surface area contributed by atoms with E-state index in [1.54, 1.807) is 19.1 Å². The van der Waals surface area contributed by atoms with Crippen LogP contribution in [-0.4, -0.2) is 23.1 Å². The van der Waals surface area contributed by atoms with E-state index in [1.807, 2.05) is 13.8 Å². The molecular formula is C21H23F2NO4. The summed E-state index contributed by atoms with van der Waals surface area (Å²) in [6.45, 7) is 5.39. The second-order valence-electron chi connectivity index (χ2n) is 6.88. The molecule has 5 nitrogen and oxygen atoms in total. The van der Waals surface area contributed by atoms with E-state index >= 15 is 0 Å². The Kier molecular flexibility index (Phi) is 7.23. The molecule has 0 aliphatic heterocycles. The van der Waals surface area contributed by atoms with E-state index in [4.69, 9.17) is 9.84 Å². The minimum Gasteiger partial charge on any atom is -0.478 e. The van der Waals surface area contributed by atoms with Crippen LogP contribution in [0, 0.1) is 17.6 Å². The molecule has 0 saturated carbocycles. The lowest BCUT2D eigenvalue weighted by Gasteiger charge is -2.23. The van der Waals surface area contributed by atoms with Crippen molar-refractivity contribution in [2.24, 2.45) is 5.92 Å². The molecule has 28 heavy (non-hydrogen) atoms. The minimum atomic E-state index is -1.02. The van der Waals surface area contributed by atoms with Gasteiger partial charge in [0, 0.05) is 0 Å². The number of hydrogen-bond acceptors (Lipinski definition) is 3. The van der Waals surface area contributed by atoms with Crippen molar-refractivity contribution in [3.63, 3.8) is 0 Å². The summed E-state index contributed by atoms with van der Waals surface area (Å²) in [6.07, 6.45) is -0.783. The molecule has 0 radical (unpaired) electrons. The quantitative estimate of drug-likeness (QED) is 0.711. The number of aromatic carboxylic acids is 1. The Hall–Kier alpha value is -2.80. The van der Waals surface area contributed by atoms with Crippen molar-refractivity contribution >= 4 is 11.9 Å². The molecule has 0 unspecified atom stereocenters.